The quantitative estimate of drug-likeness (QED) is 0.450. The molecule has 0 heterocycles. The molecule has 0 radical (unpaired) electrons. The molecule has 1 aromatic rings. The number of hydrogen-bond donors (Lipinski definition) is 1. The maximum absolute atomic E-state index is 11.0. The third-order valence-electron chi connectivity index (χ3n) is 2.88. The molecule has 0 aromatic heterocycles. The van der Waals surface area contributed by atoms with Gasteiger partial charge in [-0.25, -0.2) is 0 Å². The van der Waals surface area contributed by atoms with Crippen LogP contribution < -0.4 is 0 Å². The van der Waals surface area contributed by atoms with E-state index < -0.39 is 12.1 Å². The molecule has 0 aliphatic heterocycles. The Kier molecular flexibility index (Phi) is 5.63. The highest BCUT2D eigenvalue weighted by Gasteiger charge is 2.30. The molecule has 4 nitrogen and oxygen atoms in total. The lowest BCUT2D eigenvalue weighted by atomic mass is 9.98. The lowest BCUT2D eigenvalue weighted by Crippen LogP contribution is -2.27. The van der Waals surface area contributed by atoms with Crippen LogP contribution in [0.3, 0.4) is 0 Å². The zero-order valence-electron chi connectivity index (χ0n) is 10.1. The van der Waals surface area contributed by atoms with Crippen LogP contribution in [-0.4, -0.2) is 16.1 Å². The van der Waals surface area contributed by atoms with Gasteiger partial charge in [0.25, 0.3) is 0 Å². The first-order valence-corrected chi connectivity index (χ1v) is 6.03. The Hall–Kier alpha value is -1.42. The first-order valence-electron chi connectivity index (χ1n) is 6.03. The van der Waals surface area contributed by atoms with Gasteiger partial charge in [0.2, 0.25) is 6.04 Å². The molecule has 17 heavy (non-hydrogen) atoms. The van der Waals surface area contributed by atoms with E-state index in [-0.39, 0.29) is 4.92 Å². The average Bonchev–Trinajstić information content (AvgIpc) is 2.34. The van der Waals surface area contributed by atoms with Crippen molar-refractivity contribution in [3.63, 3.8) is 0 Å². The normalized spacial score (nSPS) is 14.2. The lowest BCUT2D eigenvalue weighted by molar-refractivity contribution is -0.537. The summed E-state index contributed by atoms with van der Waals surface area (Å²) in [4.78, 5) is 10.6. The van der Waals surface area contributed by atoms with Gasteiger partial charge in [-0.15, -0.1) is 0 Å². The molecule has 1 N–H and O–H groups in total. The molecule has 0 aliphatic rings. The van der Waals surface area contributed by atoms with Gasteiger partial charge < -0.3 is 5.11 Å². The maximum Gasteiger partial charge on any atom is 0.242 e. The van der Waals surface area contributed by atoms with Crippen LogP contribution in [-0.2, 0) is 0 Å². The third-order valence-corrected chi connectivity index (χ3v) is 2.88. The molecular weight excluding hydrogens is 218 g/mol. The number of nitrogens with zero attached hydrogens (tertiary/aromatic N) is 1. The number of hydrogen-bond acceptors (Lipinski definition) is 3. The minimum absolute atomic E-state index is 0.368. The second kappa shape index (κ2) is 7.01. The summed E-state index contributed by atoms with van der Waals surface area (Å²) < 4.78 is 0. The smallest absolute Gasteiger partial charge is 0.242 e. The topological polar surface area (TPSA) is 63.4 Å². The van der Waals surface area contributed by atoms with Gasteiger partial charge in [-0.2, -0.15) is 0 Å². The fourth-order valence-corrected chi connectivity index (χ4v) is 1.85. The van der Waals surface area contributed by atoms with Crippen molar-refractivity contribution < 1.29 is 10.0 Å². The predicted molar refractivity (Wildman–Crippen MR) is 66.3 cm³/mol. The van der Waals surface area contributed by atoms with Crippen LogP contribution in [0.15, 0.2) is 30.3 Å². The molecule has 0 amide bonds. The highest BCUT2D eigenvalue weighted by atomic mass is 16.6. The van der Waals surface area contributed by atoms with Crippen molar-refractivity contribution in [1.29, 1.82) is 0 Å². The van der Waals surface area contributed by atoms with E-state index in [0.29, 0.717) is 12.0 Å². The molecule has 0 saturated heterocycles. The van der Waals surface area contributed by atoms with Crippen molar-refractivity contribution in [2.45, 2.75) is 44.8 Å². The van der Waals surface area contributed by atoms with Crippen molar-refractivity contribution >= 4 is 0 Å². The van der Waals surface area contributed by atoms with Crippen LogP contribution in [0.2, 0.25) is 0 Å². The second-order valence-corrected chi connectivity index (χ2v) is 4.20. The van der Waals surface area contributed by atoms with Gasteiger partial charge in [0.1, 0.15) is 6.10 Å². The molecule has 0 saturated carbocycles. The SMILES string of the molecule is CCCCC[C@H]([C@@H](O)c1ccccc1)[N+](=O)[O-]. The summed E-state index contributed by atoms with van der Waals surface area (Å²) >= 11 is 0. The lowest BCUT2D eigenvalue weighted by Gasteiger charge is -2.16. The van der Waals surface area contributed by atoms with Gasteiger partial charge >= 0.3 is 0 Å². The van der Waals surface area contributed by atoms with E-state index in [0.717, 1.165) is 19.3 Å². The summed E-state index contributed by atoms with van der Waals surface area (Å²) in [5.41, 5.74) is 0.616. The average molecular weight is 237 g/mol. The van der Waals surface area contributed by atoms with Gasteiger partial charge in [-0.05, 0) is 12.0 Å². The molecule has 2 atom stereocenters. The monoisotopic (exact) mass is 237 g/mol. The Balaban J connectivity index is 2.67. The van der Waals surface area contributed by atoms with E-state index in [1.54, 1.807) is 24.3 Å². The van der Waals surface area contributed by atoms with Crippen molar-refractivity contribution in [2.75, 3.05) is 0 Å². The summed E-state index contributed by atoms with van der Waals surface area (Å²) in [6.07, 6.45) is 2.18. The minimum Gasteiger partial charge on any atom is -0.381 e. The van der Waals surface area contributed by atoms with E-state index in [4.69, 9.17) is 0 Å². The summed E-state index contributed by atoms with van der Waals surface area (Å²) in [6.45, 7) is 2.05. The van der Waals surface area contributed by atoms with Crippen LogP contribution in [0.5, 0.6) is 0 Å². The summed E-state index contributed by atoms with van der Waals surface area (Å²) in [6, 6.07) is 7.93. The van der Waals surface area contributed by atoms with Crippen LogP contribution in [0.4, 0.5) is 0 Å². The molecule has 94 valence electrons. The zero-order chi connectivity index (χ0) is 12.7. The molecule has 0 spiro atoms. The van der Waals surface area contributed by atoms with Crippen molar-refractivity contribution in [1.82, 2.24) is 0 Å². The molecule has 4 heteroatoms. The fraction of sp³-hybridized carbons (Fsp3) is 0.538. The summed E-state index contributed by atoms with van der Waals surface area (Å²) in [5.74, 6) is 0. The number of aliphatic hydroxyl groups is 1. The van der Waals surface area contributed by atoms with Crippen LogP contribution in [0.1, 0.15) is 44.3 Å². The highest BCUT2D eigenvalue weighted by Crippen LogP contribution is 2.22. The van der Waals surface area contributed by atoms with Crippen LogP contribution >= 0.6 is 0 Å². The van der Waals surface area contributed by atoms with Crippen molar-refractivity contribution in [3.05, 3.63) is 46.0 Å². The van der Waals surface area contributed by atoms with Gasteiger partial charge in [-0.1, -0.05) is 50.1 Å². The minimum atomic E-state index is -1.01. The molecule has 1 rings (SSSR count). The van der Waals surface area contributed by atoms with Crippen LogP contribution in [0, 0.1) is 10.1 Å². The molecule has 0 bridgehead atoms. The Morgan fingerprint density at radius 1 is 1.29 bits per heavy atom. The number of unbranched alkanes of at least 4 members (excludes halogenated alkanes) is 2. The Bertz CT molecular complexity index is 340. The van der Waals surface area contributed by atoms with Gasteiger partial charge in [-0.3, -0.25) is 10.1 Å². The Morgan fingerprint density at radius 3 is 2.47 bits per heavy atom. The molecule has 0 unspecified atom stereocenters. The van der Waals surface area contributed by atoms with E-state index >= 15 is 0 Å². The first kappa shape index (κ1) is 13.6. The molecule has 0 fully saturated rings. The van der Waals surface area contributed by atoms with E-state index in [9.17, 15) is 15.2 Å². The maximum atomic E-state index is 11.0. The Morgan fingerprint density at radius 2 is 1.94 bits per heavy atom. The van der Waals surface area contributed by atoms with Gasteiger partial charge in [0, 0.05) is 11.3 Å². The third kappa shape index (κ3) is 4.15. The predicted octanol–water partition coefficient (Wildman–Crippen LogP) is 2.95. The van der Waals surface area contributed by atoms with Gasteiger partial charge in [0.05, 0.1) is 0 Å². The zero-order valence-corrected chi connectivity index (χ0v) is 10.1. The van der Waals surface area contributed by atoms with Crippen molar-refractivity contribution in [3.8, 4) is 0 Å². The molecular formula is C13H19NO3. The number of nitro groups is 1. The van der Waals surface area contributed by atoms with E-state index in [1.807, 2.05) is 6.07 Å². The number of benzene rings is 1. The summed E-state index contributed by atoms with van der Waals surface area (Å²) in [7, 11) is 0. The fourth-order valence-electron chi connectivity index (χ4n) is 1.85. The largest absolute Gasteiger partial charge is 0.381 e. The second-order valence-electron chi connectivity index (χ2n) is 4.20. The van der Waals surface area contributed by atoms with Crippen LogP contribution in [0.25, 0.3) is 0 Å². The van der Waals surface area contributed by atoms with Crippen molar-refractivity contribution in [2.24, 2.45) is 0 Å². The van der Waals surface area contributed by atoms with E-state index in [2.05, 4.69) is 6.92 Å². The molecule has 0 aliphatic carbocycles. The van der Waals surface area contributed by atoms with E-state index in [1.165, 1.54) is 0 Å². The standard InChI is InChI=1S/C13H19NO3/c1-2-3-5-10-12(14(16)17)13(15)11-8-6-4-7-9-11/h4,6-9,12-13,15H,2-3,5,10H2,1H3/t12-,13+/m1/s1. The first-order chi connectivity index (χ1) is 8.16. The number of rotatable bonds is 7. The highest BCUT2D eigenvalue weighted by molar-refractivity contribution is 5.18. The summed E-state index contributed by atoms with van der Waals surface area (Å²) in [5, 5.41) is 21.0. The molecule has 1 aromatic carbocycles. The number of aliphatic hydroxyl groups excluding tert-OH is 1. The Labute approximate surface area is 101 Å². The van der Waals surface area contributed by atoms with Gasteiger partial charge in [0.15, 0.2) is 0 Å².